The Labute approximate surface area is 122 Å². The molecule has 110 valence electrons. The van der Waals surface area contributed by atoms with Gasteiger partial charge in [-0.2, -0.15) is 0 Å². The van der Waals surface area contributed by atoms with Gasteiger partial charge in [-0.15, -0.1) is 0 Å². The van der Waals surface area contributed by atoms with Gasteiger partial charge in [0.1, 0.15) is 6.04 Å². The molecule has 0 spiro atoms. The number of hydrogen-bond donors (Lipinski definition) is 2. The number of fused-ring (bicyclic) bond motifs is 1. The van der Waals surface area contributed by atoms with Gasteiger partial charge in [-0.1, -0.05) is 6.07 Å². The van der Waals surface area contributed by atoms with Crippen LogP contribution in [0, 0.1) is 6.92 Å². The smallest absolute Gasteiger partial charge is 0.255 e. The van der Waals surface area contributed by atoms with E-state index in [1.54, 1.807) is 4.90 Å². The number of imide groups is 1. The molecule has 1 fully saturated rings. The number of nitrogens with two attached hydrogens (primary N) is 1. The molecule has 0 saturated carbocycles. The van der Waals surface area contributed by atoms with Crippen molar-refractivity contribution in [2.45, 2.75) is 38.9 Å². The molecule has 3 rings (SSSR count). The molecule has 0 aromatic heterocycles. The number of amides is 3. The minimum atomic E-state index is -0.566. The first-order chi connectivity index (χ1) is 10.0. The van der Waals surface area contributed by atoms with E-state index < -0.39 is 6.04 Å². The number of carbonyl (C=O) groups is 3. The summed E-state index contributed by atoms with van der Waals surface area (Å²) in [5, 5.41) is 2.30. The first-order valence-electron chi connectivity index (χ1n) is 6.98. The Kier molecular flexibility index (Phi) is 3.25. The fourth-order valence-corrected chi connectivity index (χ4v) is 2.99. The Balaban J connectivity index is 1.90. The highest BCUT2D eigenvalue weighted by atomic mass is 16.2. The average molecular weight is 287 g/mol. The van der Waals surface area contributed by atoms with Crippen molar-refractivity contribution < 1.29 is 14.4 Å². The van der Waals surface area contributed by atoms with E-state index in [2.05, 4.69) is 5.32 Å². The maximum atomic E-state index is 12.5. The van der Waals surface area contributed by atoms with Crippen molar-refractivity contribution >= 4 is 17.7 Å². The molecule has 6 nitrogen and oxygen atoms in total. The molecule has 1 aromatic rings. The quantitative estimate of drug-likeness (QED) is 0.761. The Bertz CT molecular complexity index is 654. The fraction of sp³-hybridized carbons (Fsp3) is 0.400. The lowest BCUT2D eigenvalue weighted by atomic mass is 10.0. The first-order valence-corrected chi connectivity index (χ1v) is 6.98. The Morgan fingerprint density at radius 2 is 2.10 bits per heavy atom. The number of hydrogen-bond acceptors (Lipinski definition) is 4. The summed E-state index contributed by atoms with van der Waals surface area (Å²) < 4.78 is 0. The van der Waals surface area contributed by atoms with E-state index in [1.807, 2.05) is 19.1 Å². The largest absolute Gasteiger partial charge is 0.326 e. The highest BCUT2D eigenvalue weighted by molar-refractivity contribution is 6.05. The van der Waals surface area contributed by atoms with Gasteiger partial charge in [-0.05, 0) is 36.1 Å². The zero-order chi connectivity index (χ0) is 15.1. The van der Waals surface area contributed by atoms with E-state index in [0.29, 0.717) is 25.1 Å². The van der Waals surface area contributed by atoms with Crippen LogP contribution >= 0.6 is 0 Å². The standard InChI is InChI=1S/C15H17N3O3/c1-8-4-11-10(5-9(8)6-16)7-18(15(11)21)12-2-3-13(19)17-14(12)20/h4-5,12H,2-3,6-7,16H2,1H3,(H,17,19,20). The topological polar surface area (TPSA) is 92.5 Å². The minimum absolute atomic E-state index is 0.147. The highest BCUT2D eigenvalue weighted by Crippen LogP contribution is 2.29. The second-order valence-corrected chi connectivity index (χ2v) is 5.54. The number of carbonyl (C=O) groups excluding carboxylic acids is 3. The highest BCUT2D eigenvalue weighted by Gasteiger charge is 2.39. The third-order valence-electron chi connectivity index (χ3n) is 4.20. The molecule has 1 saturated heterocycles. The van der Waals surface area contributed by atoms with E-state index in [4.69, 9.17) is 5.73 Å². The maximum Gasteiger partial charge on any atom is 0.255 e. The van der Waals surface area contributed by atoms with Crippen molar-refractivity contribution in [3.63, 3.8) is 0 Å². The summed E-state index contributed by atoms with van der Waals surface area (Å²) in [6.07, 6.45) is 0.650. The molecule has 2 heterocycles. The molecule has 6 heteroatoms. The van der Waals surface area contributed by atoms with E-state index >= 15 is 0 Å². The first kappa shape index (κ1) is 13.8. The van der Waals surface area contributed by atoms with Crippen molar-refractivity contribution in [1.82, 2.24) is 10.2 Å². The van der Waals surface area contributed by atoms with Crippen LogP contribution in [0.4, 0.5) is 0 Å². The van der Waals surface area contributed by atoms with Gasteiger partial charge in [0, 0.05) is 25.1 Å². The van der Waals surface area contributed by atoms with E-state index in [1.165, 1.54) is 0 Å². The molecule has 0 radical (unpaired) electrons. The summed E-state index contributed by atoms with van der Waals surface area (Å²) in [6, 6.07) is 3.21. The van der Waals surface area contributed by atoms with Gasteiger partial charge in [-0.25, -0.2) is 0 Å². The predicted octanol–water partition coefficient (Wildman–Crippen LogP) is 0.215. The van der Waals surface area contributed by atoms with Gasteiger partial charge in [0.05, 0.1) is 0 Å². The number of nitrogens with one attached hydrogen (secondary N) is 1. The number of benzene rings is 1. The molecular weight excluding hydrogens is 270 g/mol. The van der Waals surface area contributed by atoms with Crippen molar-refractivity contribution in [2.24, 2.45) is 5.73 Å². The van der Waals surface area contributed by atoms with Crippen LogP contribution in [0.5, 0.6) is 0 Å². The SMILES string of the molecule is Cc1cc2c(cc1CN)CN(C1CCC(=O)NC1=O)C2=O. The summed E-state index contributed by atoms with van der Waals surface area (Å²) in [7, 11) is 0. The van der Waals surface area contributed by atoms with Crippen LogP contribution in [0.25, 0.3) is 0 Å². The monoisotopic (exact) mass is 287 g/mol. The fourth-order valence-electron chi connectivity index (χ4n) is 2.99. The van der Waals surface area contributed by atoms with Crippen molar-refractivity contribution in [2.75, 3.05) is 0 Å². The molecule has 3 amide bonds. The molecule has 1 unspecified atom stereocenters. The molecular formula is C15H17N3O3. The summed E-state index contributed by atoms with van der Waals surface area (Å²) in [5.74, 6) is -0.809. The molecule has 2 aliphatic heterocycles. The molecule has 2 aliphatic rings. The summed E-state index contributed by atoms with van der Waals surface area (Å²) in [6.45, 7) is 2.74. The van der Waals surface area contributed by atoms with Crippen molar-refractivity contribution in [1.29, 1.82) is 0 Å². The van der Waals surface area contributed by atoms with E-state index in [-0.39, 0.29) is 24.1 Å². The van der Waals surface area contributed by atoms with Crippen LogP contribution in [0.1, 0.15) is 39.9 Å². The third kappa shape index (κ3) is 2.21. The van der Waals surface area contributed by atoms with Crippen molar-refractivity contribution in [3.8, 4) is 0 Å². The van der Waals surface area contributed by atoms with Gasteiger partial charge >= 0.3 is 0 Å². The zero-order valence-electron chi connectivity index (χ0n) is 11.8. The van der Waals surface area contributed by atoms with E-state index in [9.17, 15) is 14.4 Å². The maximum absolute atomic E-state index is 12.5. The molecule has 3 N–H and O–H groups in total. The summed E-state index contributed by atoms with van der Waals surface area (Å²) in [4.78, 5) is 37.2. The number of rotatable bonds is 2. The minimum Gasteiger partial charge on any atom is -0.326 e. The Morgan fingerprint density at radius 1 is 1.33 bits per heavy atom. The zero-order valence-corrected chi connectivity index (χ0v) is 11.8. The molecule has 21 heavy (non-hydrogen) atoms. The van der Waals surface area contributed by atoms with Gasteiger partial charge in [0.15, 0.2) is 0 Å². The van der Waals surface area contributed by atoms with E-state index in [0.717, 1.165) is 16.7 Å². The van der Waals surface area contributed by atoms with Crippen LogP contribution < -0.4 is 11.1 Å². The third-order valence-corrected chi connectivity index (χ3v) is 4.20. The Hall–Kier alpha value is -2.21. The normalized spacial score (nSPS) is 21.5. The molecule has 0 bridgehead atoms. The number of aryl methyl sites for hydroxylation is 1. The second-order valence-electron chi connectivity index (χ2n) is 5.54. The molecule has 1 atom stereocenters. The van der Waals surface area contributed by atoms with Gasteiger partial charge < -0.3 is 10.6 Å². The van der Waals surface area contributed by atoms with Gasteiger partial charge in [0.2, 0.25) is 11.8 Å². The lowest BCUT2D eigenvalue weighted by molar-refractivity contribution is -0.136. The van der Waals surface area contributed by atoms with Gasteiger partial charge in [-0.3, -0.25) is 19.7 Å². The summed E-state index contributed by atoms with van der Waals surface area (Å²) >= 11 is 0. The molecule has 1 aromatic carbocycles. The second kappa shape index (κ2) is 4.96. The average Bonchev–Trinajstić information content (AvgIpc) is 2.75. The van der Waals surface area contributed by atoms with Crippen LogP contribution in [0.15, 0.2) is 12.1 Å². The number of piperidine rings is 1. The number of nitrogens with zero attached hydrogens (tertiary/aromatic N) is 1. The van der Waals surface area contributed by atoms with Crippen molar-refractivity contribution in [3.05, 3.63) is 34.4 Å². The Morgan fingerprint density at radius 3 is 2.76 bits per heavy atom. The van der Waals surface area contributed by atoms with Crippen LogP contribution in [-0.4, -0.2) is 28.7 Å². The van der Waals surface area contributed by atoms with Gasteiger partial charge in [0.25, 0.3) is 5.91 Å². The predicted molar refractivity (Wildman–Crippen MR) is 75.1 cm³/mol. The summed E-state index contributed by atoms with van der Waals surface area (Å²) in [5.41, 5.74) is 9.21. The lowest BCUT2D eigenvalue weighted by Gasteiger charge is -2.29. The lowest BCUT2D eigenvalue weighted by Crippen LogP contribution is -2.52. The van der Waals surface area contributed by atoms with Crippen LogP contribution in [0.3, 0.4) is 0 Å². The van der Waals surface area contributed by atoms with Crippen LogP contribution in [-0.2, 0) is 22.7 Å². The molecule has 0 aliphatic carbocycles. The van der Waals surface area contributed by atoms with Crippen LogP contribution in [0.2, 0.25) is 0 Å².